The first-order valence-electron chi connectivity index (χ1n) is 8.25. The van der Waals surface area contributed by atoms with Crippen molar-refractivity contribution >= 4 is 11.6 Å². The van der Waals surface area contributed by atoms with E-state index in [-0.39, 0.29) is 0 Å². The molecule has 0 amide bonds. The standard InChI is InChI=1S/C18H28ClN/c1-2-13-20-18(12-9-15-5-3-4-6-15)14-16-7-10-17(19)11-8-16/h7-8,10-11,15,18,20H,2-6,9,12-14H2,1H3. The normalized spacial score (nSPS) is 17.5. The minimum absolute atomic E-state index is 0.622. The van der Waals surface area contributed by atoms with Gasteiger partial charge >= 0.3 is 0 Å². The van der Waals surface area contributed by atoms with Crippen LogP contribution in [0.2, 0.25) is 5.02 Å². The number of nitrogens with one attached hydrogen (secondary N) is 1. The molecule has 1 aromatic carbocycles. The zero-order chi connectivity index (χ0) is 14.2. The molecular weight excluding hydrogens is 266 g/mol. The van der Waals surface area contributed by atoms with Crippen molar-refractivity contribution in [1.82, 2.24) is 5.32 Å². The molecule has 0 spiro atoms. The average molecular weight is 294 g/mol. The Kier molecular flexibility index (Phi) is 6.89. The molecule has 0 aromatic heterocycles. The van der Waals surface area contributed by atoms with Crippen LogP contribution in [0.25, 0.3) is 0 Å². The Labute approximate surface area is 129 Å². The lowest BCUT2D eigenvalue weighted by Gasteiger charge is -2.20. The highest BCUT2D eigenvalue weighted by Gasteiger charge is 2.17. The molecule has 1 fully saturated rings. The summed E-state index contributed by atoms with van der Waals surface area (Å²) in [6.07, 6.45) is 10.9. The summed E-state index contributed by atoms with van der Waals surface area (Å²) in [6.45, 7) is 3.37. The fourth-order valence-corrected chi connectivity index (χ4v) is 3.39. The van der Waals surface area contributed by atoms with Crippen LogP contribution in [-0.2, 0) is 6.42 Å². The molecule has 0 bridgehead atoms. The van der Waals surface area contributed by atoms with Crippen molar-refractivity contribution in [3.05, 3.63) is 34.9 Å². The largest absolute Gasteiger partial charge is 0.314 e. The first-order chi connectivity index (χ1) is 9.78. The monoisotopic (exact) mass is 293 g/mol. The maximum Gasteiger partial charge on any atom is 0.0406 e. The highest BCUT2D eigenvalue weighted by molar-refractivity contribution is 6.30. The van der Waals surface area contributed by atoms with Crippen molar-refractivity contribution in [2.24, 2.45) is 5.92 Å². The van der Waals surface area contributed by atoms with Gasteiger partial charge in [-0.25, -0.2) is 0 Å². The van der Waals surface area contributed by atoms with E-state index in [2.05, 4.69) is 24.4 Å². The quantitative estimate of drug-likeness (QED) is 0.693. The second kappa shape index (κ2) is 8.69. The van der Waals surface area contributed by atoms with Gasteiger partial charge in [-0.05, 0) is 55.8 Å². The number of hydrogen-bond acceptors (Lipinski definition) is 1. The molecule has 0 radical (unpaired) electrons. The minimum Gasteiger partial charge on any atom is -0.314 e. The molecule has 20 heavy (non-hydrogen) atoms. The molecule has 2 heteroatoms. The molecule has 0 aliphatic heterocycles. The van der Waals surface area contributed by atoms with Gasteiger partial charge in [0.05, 0.1) is 0 Å². The van der Waals surface area contributed by atoms with Gasteiger partial charge in [0.15, 0.2) is 0 Å². The van der Waals surface area contributed by atoms with Gasteiger partial charge in [-0.2, -0.15) is 0 Å². The minimum atomic E-state index is 0.622. The van der Waals surface area contributed by atoms with Gasteiger partial charge in [-0.15, -0.1) is 0 Å². The molecule has 1 N–H and O–H groups in total. The summed E-state index contributed by atoms with van der Waals surface area (Å²) in [7, 11) is 0. The summed E-state index contributed by atoms with van der Waals surface area (Å²) in [5.74, 6) is 0.992. The van der Waals surface area contributed by atoms with Crippen LogP contribution in [0, 0.1) is 5.92 Å². The zero-order valence-electron chi connectivity index (χ0n) is 12.7. The summed E-state index contributed by atoms with van der Waals surface area (Å²) < 4.78 is 0. The Morgan fingerprint density at radius 1 is 1.20 bits per heavy atom. The lowest BCUT2D eigenvalue weighted by Crippen LogP contribution is -2.32. The lowest BCUT2D eigenvalue weighted by atomic mass is 9.95. The van der Waals surface area contributed by atoms with Crippen LogP contribution in [0.5, 0.6) is 0 Å². The van der Waals surface area contributed by atoms with Crippen LogP contribution < -0.4 is 5.32 Å². The third-order valence-electron chi connectivity index (χ3n) is 4.48. The first kappa shape index (κ1) is 15.9. The maximum atomic E-state index is 5.96. The van der Waals surface area contributed by atoms with E-state index in [1.165, 1.54) is 50.5 Å². The van der Waals surface area contributed by atoms with E-state index in [0.717, 1.165) is 23.9 Å². The van der Waals surface area contributed by atoms with Gasteiger partial charge in [0.2, 0.25) is 0 Å². The van der Waals surface area contributed by atoms with E-state index in [9.17, 15) is 0 Å². The number of hydrogen-bond donors (Lipinski definition) is 1. The molecule has 1 aromatic rings. The molecule has 112 valence electrons. The Hall–Kier alpha value is -0.530. The predicted molar refractivity (Wildman–Crippen MR) is 88.4 cm³/mol. The molecule has 1 aliphatic carbocycles. The van der Waals surface area contributed by atoms with Gasteiger partial charge in [0.1, 0.15) is 0 Å². The van der Waals surface area contributed by atoms with E-state index < -0.39 is 0 Å². The number of halogens is 1. The van der Waals surface area contributed by atoms with E-state index in [4.69, 9.17) is 11.6 Å². The Bertz CT molecular complexity index is 368. The first-order valence-corrected chi connectivity index (χ1v) is 8.63. The molecule has 1 saturated carbocycles. The van der Waals surface area contributed by atoms with E-state index in [1.807, 2.05) is 12.1 Å². The van der Waals surface area contributed by atoms with Gasteiger partial charge in [-0.3, -0.25) is 0 Å². The number of rotatable bonds is 8. The summed E-state index contributed by atoms with van der Waals surface area (Å²) in [5.41, 5.74) is 1.40. The van der Waals surface area contributed by atoms with Crippen molar-refractivity contribution in [1.29, 1.82) is 0 Å². The zero-order valence-corrected chi connectivity index (χ0v) is 13.5. The summed E-state index contributed by atoms with van der Waals surface area (Å²) in [4.78, 5) is 0. The summed E-state index contributed by atoms with van der Waals surface area (Å²) >= 11 is 5.96. The van der Waals surface area contributed by atoms with Gasteiger partial charge in [-0.1, -0.05) is 56.3 Å². The third-order valence-corrected chi connectivity index (χ3v) is 4.73. The average Bonchev–Trinajstić information content (AvgIpc) is 2.97. The fraction of sp³-hybridized carbons (Fsp3) is 0.667. The molecular formula is C18H28ClN. The molecule has 0 saturated heterocycles. The van der Waals surface area contributed by atoms with Gasteiger partial charge < -0.3 is 5.32 Å². The SMILES string of the molecule is CCCNC(CCC1CCCC1)Cc1ccc(Cl)cc1. The second-order valence-electron chi connectivity index (χ2n) is 6.21. The summed E-state index contributed by atoms with van der Waals surface area (Å²) in [6, 6.07) is 8.96. The molecule has 2 rings (SSSR count). The van der Waals surface area contributed by atoms with Crippen molar-refractivity contribution in [2.45, 2.75) is 64.3 Å². The van der Waals surface area contributed by atoms with Crippen molar-refractivity contribution in [2.75, 3.05) is 6.54 Å². The molecule has 0 heterocycles. The van der Waals surface area contributed by atoms with Gasteiger partial charge in [0.25, 0.3) is 0 Å². The Morgan fingerprint density at radius 3 is 2.55 bits per heavy atom. The summed E-state index contributed by atoms with van der Waals surface area (Å²) in [5, 5.41) is 4.55. The topological polar surface area (TPSA) is 12.0 Å². The highest BCUT2D eigenvalue weighted by atomic mass is 35.5. The van der Waals surface area contributed by atoms with Crippen LogP contribution in [-0.4, -0.2) is 12.6 Å². The smallest absolute Gasteiger partial charge is 0.0406 e. The lowest BCUT2D eigenvalue weighted by molar-refractivity contribution is 0.402. The van der Waals surface area contributed by atoms with Crippen LogP contribution in [0.3, 0.4) is 0 Å². The van der Waals surface area contributed by atoms with Crippen molar-refractivity contribution in [3.63, 3.8) is 0 Å². The van der Waals surface area contributed by atoms with E-state index in [1.54, 1.807) is 0 Å². The molecule has 1 nitrogen and oxygen atoms in total. The van der Waals surface area contributed by atoms with Crippen molar-refractivity contribution in [3.8, 4) is 0 Å². The Morgan fingerprint density at radius 2 is 1.90 bits per heavy atom. The van der Waals surface area contributed by atoms with E-state index >= 15 is 0 Å². The molecule has 1 unspecified atom stereocenters. The van der Waals surface area contributed by atoms with Crippen LogP contribution in [0.15, 0.2) is 24.3 Å². The van der Waals surface area contributed by atoms with Crippen LogP contribution in [0.1, 0.15) is 57.4 Å². The third kappa shape index (κ3) is 5.46. The Balaban J connectivity index is 1.83. The maximum absolute atomic E-state index is 5.96. The van der Waals surface area contributed by atoms with Crippen LogP contribution in [0.4, 0.5) is 0 Å². The highest BCUT2D eigenvalue weighted by Crippen LogP contribution is 2.29. The number of benzene rings is 1. The molecule has 1 atom stereocenters. The fourth-order valence-electron chi connectivity index (χ4n) is 3.27. The predicted octanol–water partition coefficient (Wildman–Crippen LogP) is 5.22. The van der Waals surface area contributed by atoms with Gasteiger partial charge in [0, 0.05) is 11.1 Å². The van der Waals surface area contributed by atoms with Crippen LogP contribution >= 0.6 is 11.6 Å². The van der Waals surface area contributed by atoms with Crippen molar-refractivity contribution < 1.29 is 0 Å². The van der Waals surface area contributed by atoms with E-state index in [0.29, 0.717) is 6.04 Å². The second-order valence-corrected chi connectivity index (χ2v) is 6.65. The molecule has 1 aliphatic rings.